The summed E-state index contributed by atoms with van der Waals surface area (Å²) in [5, 5.41) is 0. The molecule has 1 aliphatic rings. The van der Waals surface area contributed by atoms with E-state index >= 15 is 0 Å². The molecule has 0 spiro atoms. The zero-order chi connectivity index (χ0) is 19.5. The molecule has 3 nitrogen and oxygen atoms in total. The summed E-state index contributed by atoms with van der Waals surface area (Å²) in [6.45, 7) is 4.71. The molecule has 0 unspecified atom stereocenters. The first-order valence-corrected chi connectivity index (χ1v) is 10.7. The number of thiophene rings is 1. The van der Waals surface area contributed by atoms with Crippen LogP contribution in [0.1, 0.15) is 33.6 Å². The van der Waals surface area contributed by atoms with Crippen molar-refractivity contribution in [3.8, 4) is 10.4 Å². The van der Waals surface area contributed by atoms with Gasteiger partial charge in [0.25, 0.3) is 5.91 Å². The van der Waals surface area contributed by atoms with Gasteiger partial charge in [-0.3, -0.25) is 4.79 Å². The number of aryl methyl sites for hydroxylation is 1. The lowest BCUT2D eigenvalue weighted by Gasteiger charge is -2.19. The third kappa shape index (κ3) is 3.97. The number of hydrogen-bond acceptors (Lipinski definition) is 3. The van der Waals surface area contributed by atoms with Gasteiger partial charge in [0.05, 0.1) is 4.88 Å². The number of para-hydroxylation sites is 1. The molecule has 2 heterocycles. The summed E-state index contributed by atoms with van der Waals surface area (Å²) < 4.78 is 0. The zero-order valence-electron chi connectivity index (χ0n) is 16.5. The van der Waals surface area contributed by atoms with Gasteiger partial charge in [0, 0.05) is 37.2 Å². The molecule has 1 aromatic heterocycles. The summed E-state index contributed by atoms with van der Waals surface area (Å²) in [4.78, 5) is 19.1. The fraction of sp³-hybridized carbons (Fsp3) is 0.292. The summed E-state index contributed by atoms with van der Waals surface area (Å²) in [5.41, 5.74) is 4.76. The molecular weight excluding hydrogens is 364 g/mol. The van der Waals surface area contributed by atoms with Gasteiger partial charge in [-0.25, -0.2) is 0 Å². The molecule has 0 saturated carbocycles. The first kappa shape index (κ1) is 18.8. The van der Waals surface area contributed by atoms with Gasteiger partial charge in [-0.1, -0.05) is 42.5 Å². The van der Waals surface area contributed by atoms with E-state index in [0.717, 1.165) is 42.9 Å². The lowest BCUT2D eigenvalue weighted by Crippen LogP contribution is -2.27. The van der Waals surface area contributed by atoms with Crippen molar-refractivity contribution in [2.24, 2.45) is 0 Å². The van der Waals surface area contributed by atoms with E-state index in [1.165, 1.54) is 21.7 Å². The predicted molar refractivity (Wildman–Crippen MR) is 118 cm³/mol. The summed E-state index contributed by atoms with van der Waals surface area (Å²) in [6, 6.07) is 21.3. The molecule has 2 aromatic carbocycles. The largest absolute Gasteiger partial charge is 0.370 e. The van der Waals surface area contributed by atoms with Gasteiger partial charge in [0.2, 0.25) is 0 Å². The van der Waals surface area contributed by atoms with Crippen LogP contribution in [0, 0.1) is 6.92 Å². The molecule has 4 rings (SSSR count). The van der Waals surface area contributed by atoms with E-state index < -0.39 is 0 Å². The third-order valence-electron chi connectivity index (χ3n) is 5.36. The van der Waals surface area contributed by atoms with Gasteiger partial charge in [-0.15, -0.1) is 11.3 Å². The monoisotopic (exact) mass is 390 g/mol. The van der Waals surface area contributed by atoms with Crippen molar-refractivity contribution in [3.63, 3.8) is 0 Å². The Labute approximate surface area is 171 Å². The first-order valence-electron chi connectivity index (χ1n) is 9.87. The zero-order valence-corrected chi connectivity index (χ0v) is 17.3. The minimum Gasteiger partial charge on any atom is -0.370 e. The Kier molecular flexibility index (Phi) is 5.49. The number of amides is 1. The Morgan fingerprint density at radius 2 is 1.71 bits per heavy atom. The summed E-state index contributed by atoms with van der Waals surface area (Å²) in [7, 11) is 2.11. The van der Waals surface area contributed by atoms with Crippen molar-refractivity contribution in [1.29, 1.82) is 0 Å². The molecule has 1 fully saturated rings. The quantitative estimate of drug-likeness (QED) is 0.566. The predicted octanol–water partition coefficient (Wildman–Crippen LogP) is 5.60. The number of nitrogens with zero attached hydrogens (tertiary/aromatic N) is 2. The van der Waals surface area contributed by atoms with Gasteiger partial charge in [-0.2, -0.15) is 0 Å². The van der Waals surface area contributed by atoms with Crippen molar-refractivity contribution < 1.29 is 4.79 Å². The lowest BCUT2D eigenvalue weighted by atomic mass is 10.1. The maximum absolute atomic E-state index is 12.8. The van der Waals surface area contributed by atoms with Gasteiger partial charge in [0.15, 0.2) is 0 Å². The maximum Gasteiger partial charge on any atom is 0.264 e. The summed E-state index contributed by atoms with van der Waals surface area (Å²) >= 11 is 1.62. The van der Waals surface area contributed by atoms with Crippen molar-refractivity contribution >= 4 is 22.9 Å². The van der Waals surface area contributed by atoms with E-state index in [9.17, 15) is 4.79 Å². The van der Waals surface area contributed by atoms with E-state index in [-0.39, 0.29) is 5.91 Å². The third-order valence-corrected chi connectivity index (χ3v) is 6.63. The highest BCUT2D eigenvalue weighted by molar-refractivity contribution is 7.17. The van der Waals surface area contributed by atoms with Crippen LogP contribution < -0.4 is 4.90 Å². The Morgan fingerprint density at radius 1 is 1.04 bits per heavy atom. The fourth-order valence-corrected chi connectivity index (χ4v) is 4.87. The van der Waals surface area contributed by atoms with Gasteiger partial charge in [-0.05, 0) is 54.7 Å². The Balaban J connectivity index is 1.48. The molecule has 1 aliphatic heterocycles. The molecule has 3 aromatic rings. The molecule has 0 bridgehead atoms. The van der Waals surface area contributed by atoms with Crippen molar-refractivity contribution in [3.05, 3.63) is 76.7 Å². The van der Waals surface area contributed by atoms with Crippen LogP contribution in [0.25, 0.3) is 10.4 Å². The highest BCUT2D eigenvalue weighted by Gasteiger charge is 2.23. The highest BCUT2D eigenvalue weighted by Crippen LogP contribution is 2.33. The smallest absolute Gasteiger partial charge is 0.264 e. The number of anilines is 1. The van der Waals surface area contributed by atoms with Crippen molar-refractivity contribution in [1.82, 2.24) is 4.90 Å². The average Bonchev–Trinajstić information content (AvgIpc) is 3.39. The number of carbonyl (C=O) groups excluding carboxylic acids is 1. The topological polar surface area (TPSA) is 23.6 Å². The van der Waals surface area contributed by atoms with Crippen LogP contribution in [-0.4, -0.2) is 30.9 Å². The lowest BCUT2D eigenvalue weighted by molar-refractivity contribution is 0.0797. The van der Waals surface area contributed by atoms with Gasteiger partial charge < -0.3 is 9.80 Å². The molecule has 1 saturated heterocycles. The van der Waals surface area contributed by atoms with Crippen LogP contribution in [-0.2, 0) is 6.54 Å². The average molecular weight is 391 g/mol. The number of rotatable bonds is 5. The fourth-order valence-electron chi connectivity index (χ4n) is 3.72. The van der Waals surface area contributed by atoms with Crippen LogP contribution in [0.3, 0.4) is 0 Å². The van der Waals surface area contributed by atoms with Crippen LogP contribution in [0.5, 0.6) is 0 Å². The van der Waals surface area contributed by atoms with Crippen molar-refractivity contribution in [2.45, 2.75) is 26.3 Å². The molecule has 144 valence electrons. The Morgan fingerprint density at radius 3 is 2.39 bits per heavy atom. The summed E-state index contributed by atoms with van der Waals surface area (Å²) in [6.07, 6.45) is 2.25. The second kappa shape index (κ2) is 8.19. The second-order valence-electron chi connectivity index (χ2n) is 7.51. The number of hydrogen-bond donors (Lipinski definition) is 0. The minimum atomic E-state index is 0.201. The summed E-state index contributed by atoms with van der Waals surface area (Å²) in [5.74, 6) is 0.201. The molecule has 0 atom stereocenters. The molecular formula is C24H26N2OS. The minimum absolute atomic E-state index is 0.201. The molecule has 1 amide bonds. The van der Waals surface area contributed by atoms with E-state index in [4.69, 9.17) is 0 Å². The van der Waals surface area contributed by atoms with Crippen LogP contribution in [0.15, 0.2) is 60.7 Å². The molecule has 0 N–H and O–H groups in total. The van der Waals surface area contributed by atoms with E-state index in [1.807, 2.05) is 17.9 Å². The molecule has 28 heavy (non-hydrogen) atoms. The SMILES string of the molecule is Cc1cc(-c2ccc(CN(C)c3ccccc3)cc2)sc1C(=O)N1CCCC1. The van der Waals surface area contributed by atoms with Crippen LogP contribution >= 0.6 is 11.3 Å². The van der Waals surface area contributed by atoms with Crippen molar-refractivity contribution in [2.75, 3.05) is 25.0 Å². The van der Waals surface area contributed by atoms with Gasteiger partial charge in [0.1, 0.15) is 0 Å². The Bertz CT molecular complexity index is 940. The molecule has 0 radical (unpaired) electrons. The second-order valence-corrected chi connectivity index (χ2v) is 8.56. The van der Waals surface area contributed by atoms with Gasteiger partial charge >= 0.3 is 0 Å². The normalized spacial score (nSPS) is 13.7. The first-order chi connectivity index (χ1) is 13.6. The van der Waals surface area contributed by atoms with Crippen LogP contribution in [0.4, 0.5) is 5.69 Å². The van der Waals surface area contributed by atoms with E-state index in [1.54, 1.807) is 11.3 Å². The van der Waals surface area contributed by atoms with E-state index in [0.29, 0.717) is 0 Å². The van der Waals surface area contributed by atoms with Crippen LogP contribution in [0.2, 0.25) is 0 Å². The molecule has 4 heteroatoms. The number of carbonyl (C=O) groups is 1. The maximum atomic E-state index is 12.8. The van der Waals surface area contributed by atoms with E-state index in [2.05, 4.69) is 66.5 Å². The standard InChI is InChI=1S/C24H26N2OS/c1-18-16-22(28-23(18)24(27)26-14-6-7-15-26)20-12-10-19(11-13-20)17-25(2)21-8-4-3-5-9-21/h3-5,8-13,16H,6-7,14-15,17H2,1-2H3. The highest BCUT2D eigenvalue weighted by atomic mass is 32.1. The number of likely N-dealkylation sites (tertiary alicyclic amines) is 1. The Hall–Kier alpha value is -2.59. The number of benzene rings is 2. The molecule has 0 aliphatic carbocycles.